The SMILES string of the molecule is CN(C)CCOc1nc(CNC(C)(C)C)co1. The van der Waals surface area contributed by atoms with Crippen molar-refractivity contribution in [1.29, 1.82) is 0 Å². The molecule has 0 bridgehead atoms. The first-order chi connectivity index (χ1) is 7.87. The minimum atomic E-state index is 0.0743. The van der Waals surface area contributed by atoms with Crippen LogP contribution in [-0.4, -0.2) is 42.7 Å². The second-order valence-electron chi connectivity index (χ2n) is 5.36. The zero-order valence-electron chi connectivity index (χ0n) is 11.4. The van der Waals surface area contributed by atoms with Gasteiger partial charge in [0.05, 0.1) is 5.69 Å². The fourth-order valence-electron chi connectivity index (χ4n) is 1.11. The van der Waals surface area contributed by atoms with E-state index >= 15 is 0 Å². The van der Waals surface area contributed by atoms with E-state index in [4.69, 9.17) is 9.15 Å². The molecule has 17 heavy (non-hydrogen) atoms. The van der Waals surface area contributed by atoms with Crippen LogP contribution in [-0.2, 0) is 6.54 Å². The Bertz CT molecular complexity index is 329. The molecule has 1 heterocycles. The maximum Gasteiger partial charge on any atom is 0.393 e. The molecule has 1 N–H and O–H groups in total. The average molecular weight is 241 g/mol. The molecule has 0 aliphatic carbocycles. The molecule has 0 fully saturated rings. The first kappa shape index (κ1) is 14.0. The van der Waals surface area contributed by atoms with Gasteiger partial charge in [-0.1, -0.05) is 0 Å². The fraction of sp³-hybridized carbons (Fsp3) is 0.750. The molecule has 0 amide bonds. The number of rotatable bonds is 6. The molecule has 0 saturated carbocycles. The molecule has 0 aliphatic heterocycles. The van der Waals surface area contributed by atoms with Gasteiger partial charge < -0.3 is 19.4 Å². The minimum absolute atomic E-state index is 0.0743. The summed E-state index contributed by atoms with van der Waals surface area (Å²) in [5.41, 5.74) is 0.935. The fourth-order valence-corrected chi connectivity index (χ4v) is 1.11. The zero-order valence-corrected chi connectivity index (χ0v) is 11.4. The van der Waals surface area contributed by atoms with Crippen LogP contribution in [0.3, 0.4) is 0 Å². The van der Waals surface area contributed by atoms with Gasteiger partial charge in [-0.25, -0.2) is 0 Å². The topological polar surface area (TPSA) is 50.5 Å². The maximum atomic E-state index is 5.38. The monoisotopic (exact) mass is 241 g/mol. The third-order valence-electron chi connectivity index (χ3n) is 2.09. The number of aromatic nitrogens is 1. The highest BCUT2D eigenvalue weighted by Gasteiger charge is 2.11. The van der Waals surface area contributed by atoms with Crippen LogP contribution in [0.5, 0.6) is 6.08 Å². The summed E-state index contributed by atoms with van der Waals surface area (Å²) in [6.07, 6.45) is 1.97. The zero-order chi connectivity index (χ0) is 12.9. The molecular formula is C12H23N3O2. The van der Waals surface area contributed by atoms with Crippen LogP contribution in [0.2, 0.25) is 0 Å². The number of likely N-dealkylation sites (N-methyl/N-ethyl adjacent to an activating group) is 1. The van der Waals surface area contributed by atoms with Gasteiger partial charge in [-0.2, -0.15) is 4.98 Å². The van der Waals surface area contributed by atoms with E-state index in [0.29, 0.717) is 19.2 Å². The van der Waals surface area contributed by atoms with Crippen molar-refractivity contribution < 1.29 is 9.15 Å². The first-order valence-electron chi connectivity index (χ1n) is 5.84. The van der Waals surface area contributed by atoms with E-state index in [-0.39, 0.29) is 5.54 Å². The van der Waals surface area contributed by atoms with E-state index < -0.39 is 0 Å². The second-order valence-corrected chi connectivity index (χ2v) is 5.36. The van der Waals surface area contributed by atoms with Gasteiger partial charge in [0.2, 0.25) is 0 Å². The quantitative estimate of drug-likeness (QED) is 0.818. The molecule has 98 valence electrons. The molecule has 0 aliphatic rings. The summed E-state index contributed by atoms with van der Waals surface area (Å²) in [6.45, 7) is 8.45. The third-order valence-corrected chi connectivity index (χ3v) is 2.09. The maximum absolute atomic E-state index is 5.38. The lowest BCUT2D eigenvalue weighted by Gasteiger charge is -2.19. The Kier molecular flexibility index (Phi) is 4.96. The van der Waals surface area contributed by atoms with Crippen molar-refractivity contribution in [2.75, 3.05) is 27.2 Å². The van der Waals surface area contributed by atoms with Crippen molar-refractivity contribution in [2.24, 2.45) is 0 Å². The van der Waals surface area contributed by atoms with Crippen LogP contribution in [0.25, 0.3) is 0 Å². The van der Waals surface area contributed by atoms with Gasteiger partial charge in [0.15, 0.2) is 0 Å². The predicted octanol–water partition coefficient (Wildman–Crippen LogP) is 1.50. The number of ether oxygens (including phenoxy) is 1. The highest BCUT2D eigenvalue weighted by Crippen LogP contribution is 2.11. The van der Waals surface area contributed by atoms with E-state index in [1.807, 2.05) is 19.0 Å². The Morgan fingerprint density at radius 1 is 1.41 bits per heavy atom. The summed E-state index contributed by atoms with van der Waals surface area (Å²) in [7, 11) is 4.00. The van der Waals surface area contributed by atoms with Gasteiger partial charge >= 0.3 is 6.08 Å². The minimum Gasteiger partial charge on any atom is -0.449 e. The van der Waals surface area contributed by atoms with E-state index in [9.17, 15) is 0 Å². The van der Waals surface area contributed by atoms with Crippen LogP contribution in [0.4, 0.5) is 0 Å². The van der Waals surface area contributed by atoms with Gasteiger partial charge in [0, 0.05) is 18.6 Å². The molecule has 0 spiro atoms. The van der Waals surface area contributed by atoms with Crippen molar-refractivity contribution >= 4 is 0 Å². The summed E-state index contributed by atoms with van der Waals surface area (Å²) >= 11 is 0. The molecule has 1 aromatic heterocycles. The molecule has 0 aromatic carbocycles. The van der Waals surface area contributed by atoms with Crippen LogP contribution in [0.1, 0.15) is 26.5 Å². The summed E-state index contributed by atoms with van der Waals surface area (Å²) in [5, 5.41) is 3.34. The molecule has 0 unspecified atom stereocenters. The summed E-state index contributed by atoms with van der Waals surface area (Å²) < 4.78 is 10.6. The number of hydrogen-bond donors (Lipinski definition) is 1. The Morgan fingerprint density at radius 3 is 2.71 bits per heavy atom. The Balaban J connectivity index is 2.32. The van der Waals surface area contributed by atoms with Gasteiger partial charge in [-0.15, -0.1) is 0 Å². The molecule has 5 heteroatoms. The van der Waals surface area contributed by atoms with E-state index in [2.05, 4.69) is 31.1 Å². The lowest BCUT2D eigenvalue weighted by Crippen LogP contribution is -2.35. The third kappa shape index (κ3) is 6.28. The smallest absolute Gasteiger partial charge is 0.393 e. The summed E-state index contributed by atoms with van der Waals surface area (Å²) in [4.78, 5) is 6.29. The molecule has 1 rings (SSSR count). The normalized spacial score (nSPS) is 12.1. The lowest BCUT2D eigenvalue weighted by molar-refractivity contribution is 0.203. The Hall–Kier alpha value is -1.07. The van der Waals surface area contributed by atoms with Crippen LogP contribution in [0, 0.1) is 0 Å². The lowest BCUT2D eigenvalue weighted by atomic mass is 10.1. The summed E-state index contributed by atoms with van der Waals surface area (Å²) in [5.74, 6) is 0. The van der Waals surface area contributed by atoms with Crippen molar-refractivity contribution in [2.45, 2.75) is 32.9 Å². The molecule has 0 saturated heterocycles. The second kappa shape index (κ2) is 6.02. The largest absolute Gasteiger partial charge is 0.449 e. The van der Waals surface area contributed by atoms with Crippen molar-refractivity contribution in [3.8, 4) is 6.08 Å². The van der Waals surface area contributed by atoms with Crippen molar-refractivity contribution in [3.05, 3.63) is 12.0 Å². The van der Waals surface area contributed by atoms with Gasteiger partial charge in [0.25, 0.3) is 0 Å². The number of nitrogens with one attached hydrogen (secondary N) is 1. The number of hydrogen-bond acceptors (Lipinski definition) is 5. The van der Waals surface area contributed by atoms with Gasteiger partial charge in [-0.3, -0.25) is 0 Å². The van der Waals surface area contributed by atoms with Crippen LogP contribution >= 0.6 is 0 Å². The van der Waals surface area contributed by atoms with E-state index in [0.717, 1.165) is 12.2 Å². The molecular weight excluding hydrogens is 218 g/mol. The molecule has 5 nitrogen and oxygen atoms in total. The average Bonchev–Trinajstić information content (AvgIpc) is 2.61. The Morgan fingerprint density at radius 2 is 2.12 bits per heavy atom. The van der Waals surface area contributed by atoms with E-state index in [1.165, 1.54) is 0 Å². The van der Waals surface area contributed by atoms with Crippen molar-refractivity contribution in [3.63, 3.8) is 0 Å². The van der Waals surface area contributed by atoms with E-state index in [1.54, 1.807) is 6.26 Å². The highest BCUT2D eigenvalue weighted by molar-refractivity contribution is 5.00. The number of oxazole rings is 1. The van der Waals surface area contributed by atoms with Gasteiger partial charge in [0.1, 0.15) is 12.9 Å². The van der Waals surface area contributed by atoms with Crippen LogP contribution < -0.4 is 10.1 Å². The molecule has 0 radical (unpaired) electrons. The van der Waals surface area contributed by atoms with Gasteiger partial charge in [-0.05, 0) is 34.9 Å². The number of nitrogens with zero attached hydrogens (tertiary/aromatic N) is 2. The predicted molar refractivity (Wildman–Crippen MR) is 67.1 cm³/mol. The standard InChI is InChI=1S/C12H23N3O2/c1-12(2,3)13-8-10-9-17-11(14-10)16-7-6-15(4)5/h9,13H,6-8H2,1-5H3. The molecule has 1 aromatic rings. The first-order valence-corrected chi connectivity index (χ1v) is 5.84. The summed E-state index contributed by atoms with van der Waals surface area (Å²) in [6, 6.07) is 0. The van der Waals surface area contributed by atoms with Crippen molar-refractivity contribution in [1.82, 2.24) is 15.2 Å². The highest BCUT2D eigenvalue weighted by atomic mass is 16.6. The Labute approximate surface area is 103 Å². The molecule has 0 atom stereocenters. The van der Waals surface area contributed by atoms with Crippen LogP contribution in [0.15, 0.2) is 10.7 Å².